The number of carboxylic acid groups (broad SMARTS) is 1. The molecule has 2 aliphatic heterocycles. The molecule has 0 bridgehead atoms. The van der Waals surface area contributed by atoms with Crippen LogP contribution in [-0.2, 0) is 20.8 Å². The average Bonchev–Trinajstić information content (AvgIpc) is 2.79. The van der Waals surface area contributed by atoms with Crippen molar-refractivity contribution in [3.05, 3.63) is 58.6 Å². The molecule has 2 fully saturated rings. The number of carbonyl (C=O) groups is 3. The molecule has 35 heavy (non-hydrogen) atoms. The summed E-state index contributed by atoms with van der Waals surface area (Å²) >= 11 is 5.06. The van der Waals surface area contributed by atoms with Gasteiger partial charge in [0.15, 0.2) is 0 Å². The fourth-order valence-corrected chi connectivity index (χ4v) is 6.97. The van der Waals surface area contributed by atoms with E-state index in [-0.39, 0.29) is 34.0 Å². The molecule has 2 saturated heterocycles. The zero-order valence-corrected chi connectivity index (χ0v) is 21.0. The summed E-state index contributed by atoms with van der Waals surface area (Å²) in [4.78, 5) is 39.0. The number of amides is 2. The van der Waals surface area contributed by atoms with E-state index in [0.717, 1.165) is 23.4 Å². The number of ether oxygens (including phenoxy) is 1. The number of hydrogen-bond donors (Lipinski definition) is 2. The highest BCUT2D eigenvalue weighted by Gasteiger charge is 2.58. The molecular weight excluding hydrogens is 573 g/mol. The van der Waals surface area contributed by atoms with Crippen LogP contribution >= 0.6 is 39.5 Å². The number of nitrogens with zero attached hydrogens (tertiary/aromatic N) is 1. The molecule has 0 radical (unpaired) electrons. The quantitative estimate of drug-likeness (QED) is 0.472. The van der Waals surface area contributed by atoms with Gasteiger partial charge in [0.25, 0.3) is 0 Å². The fourth-order valence-electron chi connectivity index (χ4n) is 3.77. The number of benzene rings is 2. The minimum absolute atomic E-state index is 0.0636. The molecule has 2 N–H and O–H groups in total. The van der Waals surface area contributed by atoms with Gasteiger partial charge in [0.2, 0.25) is 11.8 Å². The minimum atomic E-state index is -4.91. The van der Waals surface area contributed by atoms with Gasteiger partial charge in [-0.05, 0) is 39.7 Å². The Morgan fingerprint density at radius 2 is 1.97 bits per heavy atom. The Morgan fingerprint density at radius 1 is 1.26 bits per heavy atom. The van der Waals surface area contributed by atoms with Gasteiger partial charge in [0.05, 0.1) is 10.9 Å². The van der Waals surface area contributed by atoms with Crippen LogP contribution in [0.1, 0.15) is 5.56 Å². The molecule has 2 amide bonds. The molecule has 2 heterocycles. The molecule has 0 aromatic heterocycles. The number of rotatable bonds is 7. The SMILES string of the molecule is O=C(Cc1ccccc1)N[C@@H]1C(=O)N2CC(Sc3ccc(Br)c(OC(F)(F)F)c3)(C(=O)O)CS[C@H]12. The van der Waals surface area contributed by atoms with E-state index in [4.69, 9.17) is 0 Å². The third kappa shape index (κ3) is 5.72. The van der Waals surface area contributed by atoms with Crippen molar-refractivity contribution in [1.82, 2.24) is 10.2 Å². The van der Waals surface area contributed by atoms with E-state index < -0.39 is 40.2 Å². The molecule has 2 aromatic rings. The standard InChI is InChI=1S/C22H18BrF3N2O5S2/c23-14-7-6-13(9-15(14)33-22(24,25)26)35-21(20(31)32)10-28-18(30)17(19(28)34-11-21)27-16(29)8-12-4-2-1-3-5-12/h1-7,9,17,19H,8,10-11H2,(H,27,29)(H,31,32)/t17-,19-,21?/m1/s1. The van der Waals surface area contributed by atoms with Crippen LogP contribution in [0, 0.1) is 0 Å². The lowest BCUT2D eigenvalue weighted by atomic mass is 10.0. The van der Waals surface area contributed by atoms with Crippen molar-refractivity contribution in [2.45, 2.75) is 33.8 Å². The first kappa shape index (κ1) is 25.7. The highest BCUT2D eigenvalue weighted by molar-refractivity contribution is 9.10. The Bertz CT molecular complexity index is 1150. The number of thioether (sulfide) groups is 2. The van der Waals surface area contributed by atoms with Gasteiger partial charge in [0.1, 0.15) is 21.9 Å². The van der Waals surface area contributed by atoms with Gasteiger partial charge in [-0.1, -0.05) is 30.3 Å². The summed E-state index contributed by atoms with van der Waals surface area (Å²) in [6.07, 6.45) is -4.79. The van der Waals surface area contributed by atoms with Crippen molar-refractivity contribution < 1.29 is 37.4 Å². The van der Waals surface area contributed by atoms with Gasteiger partial charge < -0.3 is 20.1 Å². The normalized spacial score (nSPS) is 23.8. The summed E-state index contributed by atoms with van der Waals surface area (Å²) < 4.78 is 40.6. The molecule has 1 unspecified atom stereocenters. The van der Waals surface area contributed by atoms with Gasteiger partial charge in [-0.2, -0.15) is 0 Å². The van der Waals surface area contributed by atoms with Crippen molar-refractivity contribution in [3.8, 4) is 5.75 Å². The minimum Gasteiger partial charge on any atom is -0.480 e. The first-order valence-corrected chi connectivity index (χ1v) is 12.9. The van der Waals surface area contributed by atoms with Crippen LogP contribution in [0.5, 0.6) is 5.75 Å². The van der Waals surface area contributed by atoms with E-state index in [0.29, 0.717) is 0 Å². The summed E-state index contributed by atoms with van der Waals surface area (Å²) in [5.74, 6) is -2.32. The lowest BCUT2D eigenvalue weighted by Gasteiger charge is -2.53. The summed E-state index contributed by atoms with van der Waals surface area (Å²) in [5.41, 5.74) is 0.801. The zero-order valence-electron chi connectivity index (χ0n) is 17.8. The second kappa shape index (κ2) is 9.94. The molecule has 0 saturated carbocycles. The second-order valence-corrected chi connectivity index (χ2v) is 11.3. The maximum Gasteiger partial charge on any atom is 0.573 e. The Balaban J connectivity index is 1.44. The largest absolute Gasteiger partial charge is 0.573 e. The molecule has 4 rings (SSSR count). The molecule has 7 nitrogen and oxygen atoms in total. The number of aliphatic carboxylic acids is 1. The number of β-lactam (4-membered cyclic amide) rings is 1. The lowest BCUT2D eigenvalue weighted by molar-refractivity contribution is -0.275. The van der Waals surface area contributed by atoms with Gasteiger partial charge in [-0.25, -0.2) is 0 Å². The van der Waals surface area contributed by atoms with E-state index in [2.05, 4.69) is 26.0 Å². The van der Waals surface area contributed by atoms with E-state index >= 15 is 0 Å². The Hall–Kier alpha value is -2.38. The maximum absolute atomic E-state index is 12.7. The monoisotopic (exact) mass is 590 g/mol. The smallest absolute Gasteiger partial charge is 0.480 e. The van der Waals surface area contributed by atoms with Crippen LogP contribution in [0.3, 0.4) is 0 Å². The lowest BCUT2D eigenvalue weighted by Crippen LogP contribution is -2.74. The van der Waals surface area contributed by atoms with Crippen LogP contribution in [-0.4, -0.2) is 62.6 Å². The van der Waals surface area contributed by atoms with Crippen LogP contribution in [0.25, 0.3) is 0 Å². The topological polar surface area (TPSA) is 95.9 Å². The van der Waals surface area contributed by atoms with E-state index in [1.165, 1.54) is 28.8 Å². The van der Waals surface area contributed by atoms with Crippen molar-refractivity contribution >= 4 is 57.2 Å². The second-order valence-electron chi connectivity index (χ2n) is 7.92. The highest BCUT2D eigenvalue weighted by Crippen LogP contribution is 2.47. The molecule has 186 valence electrons. The third-order valence-corrected chi connectivity index (χ3v) is 9.10. The highest BCUT2D eigenvalue weighted by atomic mass is 79.9. The summed E-state index contributed by atoms with van der Waals surface area (Å²) in [7, 11) is 0. The number of halogens is 4. The summed E-state index contributed by atoms with van der Waals surface area (Å²) in [5, 5.41) is 12.3. The first-order valence-electron chi connectivity index (χ1n) is 10.2. The number of nitrogens with one attached hydrogen (secondary N) is 1. The van der Waals surface area contributed by atoms with Crippen LogP contribution < -0.4 is 10.1 Å². The van der Waals surface area contributed by atoms with Gasteiger partial charge >= 0.3 is 12.3 Å². The number of hydrogen-bond acceptors (Lipinski definition) is 6. The number of fused-ring (bicyclic) bond motifs is 1. The number of carbonyl (C=O) groups excluding carboxylic acids is 2. The molecule has 3 atom stereocenters. The maximum atomic E-state index is 12.7. The zero-order chi connectivity index (χ0) is 25.4. The average molecular weight is 591 g/mol. The molecule has 0 spiro atoms. The molecule has 13 heteroatoms. The van der Waals surface area contributed by atoms with Crippen molar-refractivity contribution in [1.29, 1.82) is 0 Å². The molecular formula is C22H18BrF3N2O5S2. The molecule has 2 aliphatic rings. The number of alkyl halides is 3. The Kier molecular flexibility index (Phi) is 7.30. The van der Waals surface area contributed by atoms with E-state index in [9.17, 15) is 32.7 Å². The van der Waals surface area contributed by atoms with Crippen molar-refractivity contribution in [3.63, 3.8) is 0 Å². The van der Waals surface area contributed by atoms with Crippen LogP contribution in [0.15, 0.2) is 57.9 Å². The summed E-state index contributed by atoms with van der Waals surface area (Å²) in [6, 6.07) is 12.2. The van der Waals surface area contributed by atoms with Crippen LogP contribution in [0.4, 0.5) is 13.2 Å². The van der Waals surface area contributed by atoms with E-state index in [1.807, 2.05) is 18.2 Å². The van der Waals surface area contributed by atoms with Crippen LogP contribution in [0.2, 0.25) is 0 Å². The van der Waals surface area contributed by atoms with Crippen molar-refractivity contribution in [2.75, 3.05) is 12.3 Å². The predicted molar refractivity (Wildman–Crippen MR) is 127 cm³/mol. The molecule has 0 aliphatic carbocycles. The first-order chi connectivity index (χ1) is 16.5. The summed E-state index contributed by atoms with van der Waals surface area (Å²) in [6.45, 7) is -0.153. The van der Waals surface area contributed by atoms with Crippen molar-refractivity contribution in [2.24, 2.45) is 0 Å². The fraction of sp³-hybridized carbons (Fsp3) is 0.318. The predicted octanol–water partition coefficient (Wildman–Crippen LogP) is 3.91. The Labute approximate surface area is 214 Å². The van der Waals surface area contributed by atoms with Gasteiger partial charge in [0, 0.05) is 17.2 Å². The third-order valence-electron chi connectivity index (χ3n) is 5.41. The Morgan fingerprint density at radius 3 is 2.63 bits per heavy atom. The molecule has 2 aromatic carbocycles. The number of carboxylic acids is 1. The van der Waals surface area contributed by atoms with Gasteiger partial charge in [-0.3, -0.25) is 14.4 Å². The van der Waals surface area contributed by atoms with Gasteiger partial charge in [-0.15, -0.1) is 36.7 Å². The van der Waals surface area contributed by atoms with E-state index in [1.54, 1.807) is 12.1 Å².